The Labute approximate surface area is 139 Å². The Kier molecular flexibility index (Phi) is 4.06. The van der Waals surface area contributed by atoms with Gasteiger partial charge in [-0.3, -0.25) is 0 Å². The fourth-order valence-corrected chi connectivity index (χ4v) is 3.73. The van der Waals surface area contributed by atoms with Gasteiger partial charge in [0.05, 0.1) is 16.4 Å². The van der Waals surface area contributed by atoms with Crippen molar-refractivity contribution in [3.05, 3.63) is 28.5 Å². The zero-order chi connectivity index (χ0) is 15.2. The second kappa shape index (κ2) is 5.56. The predicted molar refractivity (Wildman–Crippen MR) is 92.0 cm³/mol. The molecule has 1 aliphatic rings. The minimum Gasteiger partial charge on any atom is -0.325 e. The van der Waals surface area contributed by atoms with Crippen LogP contribution >= 0.6 is 27.5 Å². The van der Waals surface area contributed by atoms with Crippen LogP contribution in [0, 0.1) is 0 Å². The number of imidazole rings is 1. The van der Waals surface area contributed by atoms with E-state index in [4.69, 9.17) is 16.6 Å². The van der Waals surface area contributed by atoms with Crippen LogP contribution in [0.5, 0.6) is 0 Å². The molecule has 0 radical (unpaired) electrons. The van der Waals surface area contributed by atoms with Gasteiger partial charge in [-0.1, -0.05) is 15.9 Å². The SMILES string of the molecule is CC(Cl)c1nc2ccc(Br)cc2n1CC1(N(C)C)CCC1. The fourth-order valence-electron chi connectivity index (χ4n) is 3.21. The number of nitrogens with zero attached hydrogens (tertiary/aromatic N) is 3. The van der Waals surface area contributed by atoms with Gasteiger partial charge in [0.1, 0.15) is 5.82 Å². The van der Waals surface area contributed by atoms with E-state index >= 15 is 0 Å². The molecule has 1 heterocycles. The molecular formula is C16H21BrClN3. The molecule has 1 aliphatic carbocycles. The lowest BCUT2D eigenvalue weighted by Gasteiger charge is -2.48. The minimum atomic E-state index is -0.0875. The van der Waals surface area contributed by atoms with Crippen LogP contribution in [0.4, 0.5) is 0 Å². The van der Waals surface area contributed by atoms with Gasteiger partial charge < -0.3 is 9.47 Å². The Balaban J connectivity index is 2.11. The van der Waals surface area contributed by atoms with Gasteiger partial charge in [0, 0.05) is 16.6 Å². The summed E-state index contributed by atoms with van der Waals surface area (Å²) in [5.41, 5.74) is 2.44. The van der Waals surface area contributed by atoms with Crippen molar-refractivity contribution in [1.82, 2.24) is 14.5 Å². The van der Waals surface area contributed by atoms with Crippen molar-refractivity contribution in [1.29, 1.82) is 0 Å². The van der Waals surface area contributed by atoms with E-state index in [9.17, 15) is 0 Å². The summed E-state index contributed by atoms with van der Waals surface area (Å²) in [6, 6.07) is 6.24. The molecule has 114 valence electrons. The van der Waals surface area contributed by atoms with Crippen LogP contribution in [-0.4, -0.2) is 34.1 Å². The summed E-state index contributed by atoms with van der Waals surface area (Å²) in [4.78, 5) is 7.11. The molecule has 1 fully saturated rings. The maximum absolute atomic E-state index is 6.38. The third-order valence-electron chi connectivity index (χ3n) is 4.78. The summed E-state index contributed by atoms with van der Waals surface area (Å²) in [7, 11) is 4.36. The van der Waals surface area contributed by atoms with Crippen LogP contribution < -0.4 is 0 Å². The number of fused-ring (bicyclic) bond motifs is 1. The zero-order valence-electron chi connectivity index (χ0n) is 12.7. The molecule has 1 atom stereocenters. The molecule has 2 aromatic rings. The summed E-state index contributed by atoms with van der Waals surface area (Å²) >= 11 is 9.95. The monoisotopic (exact) mass is 369 g/mol. The number of halogens is 2. The first-order chi connectivity index (χ1) is 9.93. The number of hydrogen-bond donors (Lipinski definition) is 0. The first-order valence-electron chi connectivity index (χ1n) is 7.40. The van der Waals surface area contributed by atoms with Crippen molar-refractivity contribution in [2.45, 2.75) is 43.6 Å². The Hall–Kier alpha value is -0.580. The van der Waals surface area contributed by atoms with Crippen molar-refractivity contribution in [3.8, 4) is 0 Å². The highest BCUT2D eigenvalue weighted by atomic mass is 79.9. The van der Waals surface area contributed by atoms with E-state index in [0.29, 0.717) is 0 Å². The smallest absolute Gasteiger partial charge is 0.127 e. The summed E-state index contributed by atoms with van der Waals surface area (Å²) < 4.78 is 3.40. The average Bonchev–Trinajstić information content (AvgIpc) is 2.71. The Morgan fingerprint density at radius 3 is 2.67 bits per heavy atom. The van der Waals surface area contributed by atoms with E-state index in [1.165, 1.54) is 24.8 Å². The number of hydrogen-bond acceptors (Lipinski definition) is 2. The summed E-state index contributed by atoms with van der Waals surface area (Å²) in [5, 5.41) is -0.0875. The Bertz CT molecular complexity index is 659. The molecule has 0 N–H and O–H groups in total. The highest BCUT2D eigenvalue weighted by Gasteiger charge is 2.40. The number of aromatic nitrogens is 2. The minimum absolute atomic E-state index is 0.0875. The van der Waals surface area contributed by atoms with Crippen LogP contribution in [-0.2, 0) is 6.54 Å². The zero-order valence-corrected chi connectivity index (χ0v) is 15.1. The second-order valence-corrected chi connectivity index (χ2v) is 7.85. The van der Waals surface area contributed by atoms with Gasteiger partial charge in [-0.05, 0) is 58.5 Å². The molecule has 5 heteroatoms. The lowest BCUT2D eigenvalue weighted by Crippen LogP contribution is -2.53. The van der Waals surface area contributed by atoms with E-state index < -0.39 is 0 Å². The maximum Gasteiger partial charge on any atom is 0.127 e. The second-order valence-electron chi connectivity index (χ2n) is 6.28. The molecule has 1 saturated carbocycles. The molecule has 0 spiro atoms. The van der Waals surface area contributed by atoms with E-state index in [0.717, 1.165) is 22.4 Å². The van der Waals surface area contributed by atoms with E-state index in [-0.39, 0.29) is 10.9 Å². The number of alkyl halides is 1. The van der Waals surface area contributed by atoms with Crippen LogP contribution in [0.25, 0.3) is 11.0 Å². The summed E-state index contributed by atoms with van der Waals surface area (Å²) in [5.74, 6) is 0.970. The molecule has 21 heavy (non-hydrogen) atoms. The maximum atomic E-state index is 6.38. The Morgan fingerprint density at radius 2 is 2.14 bits per heavy atom. The standard InChI is InChI=1S/C16H21BrClN3/c1-11(18)15-19-13-6-5-12(17)9-14(13)21(15)10-16(20(2)3)7-4-8-16/h5-6,9,11H,4,7-8,10H2,1-3H3. The normalized spacial score (nSPS) is 19.0. The van der Waals surface area contributed by atoms with Gasteiger partial charge in [0.2, 0.25) is 0 Å². The molecular weight excluding hydrogens is 350 g/mol. The van der Waals surface area contributed by atoms with Crippen LogP contribution in [0.2, 0.25) is 0 Å². The highest BCUT2D eigenvalue weighted by molar-refractivity contribution is 9.10. The average molecular weight is 371 g/mol. The molecule has 1 aromatic heterocycles. The first kappa shape index (κ1) is 15.3. The lowest BCUT2D eigenvalue weighted by molar-refractivity contribution is 0.0427. The topological polar surface area (TPSA) is 21.1 Å². The van der Waals surface area contributed by atoms with Gasteiger partial charge in [-0.15, -0.1) is 11.6 Å². The van der Waals surface area contributed by atoms with Gasteiger partial charge in [0.25, 0.3) is 0 Å². The van der Waals surface area contributed by atoms with Gasteiger partial charge in [-0.25, -0.2) is 4.98 Å². The third kappa shape index (κ3) is 2.62. The predicted octanol–water partition coefficient (Wildman–Crippen LogP) is 4.58. The summed E-state index contributed by atoms with van der Waals surface area (Å²) in [6.07, 6.45) is 3.79. The molecule has 0 amide bonds. The first-order valence-corrected chi connectivity index (χ1v) is 8.63. The van der Waals surface area contributed by atoms with Crippen molar-refractivity contribution < 1.29 is 0 Å². The number of rotatable bonds is 4. The Morgan fingerprint density at radius 1 is 1.43 bits per heavy atom. The van der Waals surface area contributed by atoms with Crippen LogP contribution in [0.1, 0.15) is 37.4 Å². The quantitative estimate of drug-likeness (QED) is 0.734. The molecule has 3 nitrogen and oxygen atoms in total. The fraction of sp³-hybridized carbons (Fsp3) is 0.562. The molecule has 0 bridgehead atoms. The number of likely N-dealkylation sites (N-methyl/N-ethyl adjacent to an activating group) is 1. The molecule has 3 rings (SSSR count). The molecule has 1 aromatic carbocycles. The van der Waals surface area contributed by atoms with Gasteiger partial charge in [0.15, 0.2) is 0 Å². The molecule has 0 aliphatic heterocycles. The largest absolute Gasteiger partial charge is 0.325 e. The van der Waals surface area contributed by atoms with E-state index in [1.807, 2.05) is 13.0 Å². The molecule has 0 saturated heterocycles. The third-order valence-corrected chi connectivity index (χ3v) is 5.47. The highest BCUT2D eigenvalue weighted by Crippen LogP contribution is 2.39. The van der Waals surface area contributed by atoms with E-state index in [2.05, 4.69) is 51.6 Å². The molecule has 1 unspecified atom stereocenters. The lowest BCUT2D eigenvalue weighted by atomic mass is 9.75. The number of benzene rings is 1. The van der Waals surface area contributed by atoms with Crippen LogP contribution in [0.15, 0.2) is 22.7 Å². The van der Waals surface area contributed by atoms with Crippen molar-refractivity contribution in [2.24, 2.45) is 0 Å². The van der Waals surface area contributed by atoms with Crippen LogP contribution in [0.3, 0.4) is 0 Å². The van der Waals surface area contributed by atoms with Crippen molar-refractivity contribution >= 4 is 38.6 Å². The van der Waals surface area contributed by atoms with Gasteiger partial charge in [-0.2, -0.15) is 0 Å². The summed E-state index contributed by atoms with van der Waals surface area (Å²) in [6.45, 7) is 2.96. The van der Waals surface area contributed by atoms with Crippen molar-refractivity contribution in [2.75, 3.05) is 14.1 Å². The van der Waals surface area contributed by atoms with E-state index in [1.54, 1.807) is 0 Å². The van der Waals surface area contributed by atoms with Crippen molar-refractivity contribution in [3.63, 3.8) is 0 Å². The van der Waals surface area contributed by atoms with Gasteiger partial charge >= 0.3 is 0 Å².